The molecule has 2 aliphatic rings. The van der Waals surface area contributed by atoms with E-state index in [0.717, 1.165) is 30.7 Å². The van der Waals surface area contributed by atoms with Crippen molar-refractivity contribution in [2.24, 2.45) is 5.92 Å². The van der Waals surface area contributed by atoms with Crippen molar-refractivity contribution in [3.63, 3.8) is 0 Å². The van der Waals surface area contributed by atoms with Gasteiger partial charge in [0.2, 0.25) is 5.91 Å². The number of hydrogen-bond acceptors (Lipinski definition) is 4. The third kappa shape index (κ3) is 4.33. The van der Waals surface area contributed by atoms with Crippen LogP contribution < -0.4 is 4.74 Å². The minimum absolute atomic E-state index is 0.0421. The van der Waals surface area contributed by atoms with E-state index in [9.17, 15) is 9.90 Å². The minimum Gasteiger partial charge on any atom is -0.493 e. The van der Waals surface area contributed by atoms with E-state index in [4.69, 9.17) is 9.47 Å². The molecule has 3 rings (SSSR count). The van der Waals surface area contributed by atoms with Crippen LogP contribution in [-0.2, 0) is 9.53 Å². The number of benzene rings is 1. The molecule has 0 aliphatic carbocycles. The maximum atomic E-state index is 12.7. The number of aliphatic hydroxyl groups is 1. The predicted octanol–water partition coefficient (Wildman–Crippen LogP) is 2.46. The fourth-order valence-electron chi connectivity index (χ4n) is 4.02. The maximum Gasteiger partial charge on any atom is 0.226 e. The molecule has 1 aromatic rings. The molecule has 2 fully saturated rings. The van der Waals surface area contributed by atoms with E-state index in [1.807, 2.05) is 24.0 Å². The smallest absolute Gasteiger partial charge is 0.226 e. The summed E-state index contributed by atoms with van der Waals surface area (Å²) in [6.07, 6.45) is 2.62. The summed E-state index contributed by atoms with van der Waals surface area (Å²) in [5.41, 5.74) is 2.29. The van der Waals surface area contributed by atoms with Crippen molar-refractivity contribution < 1.29 is 19.4 Å². The Morgan fingerprint density at radius 2 is 2.20 bits per heavy atom. The number of nitrogens with zero attached hydrogens (tertiary/aromatic N) is 1. The van der Waals surface area contributed by atoms with Crippen LogP contribution in [0.1, 0.15) is 36.8 Å². The molecule has 2 aliphatic heterocycles. The van der Waals surface area contributed by atoms with Crippen LogP contribution in [-0.4, -0.2) is 54.4 Å². The number of rotatable bonds is 5. The molecule has 0 radical (unpaired) electrons. The lowest BCUT2D eigenvalue weighted by Crippen LogP contribution is -2.48. The molecule has 0 aromatic heterocycles. The van der Waals surface area contributed by atoms with Gasteiger partial charge in [0, 0.05) is 25.1 Å². The van der Waals surface area contributed by atoms with Crippen molar-refractivity contribution in [3.05, 3.63) is 29.3 Å². The number of aryl methyl sites for hydroxylation is 2. The Hall–Kier alpha value is -1.59. The first-order valence-electron chi connectivity index (χ1n) is 9.31. The predicted molar refractivity (Wildman–Crippen MR) is 95.7 cm³/mol. The highest BCUT2D eigenvalue weighted by Gasteiger charge is 2.39. The molecule has 3 unspecified atom stereocenters. The first kappa shape index (κ1) is 18.2. The number of likely N-dealkylation sites (tertiary alicyclic amines) is 1. The SMILES string of the molecule is Cc1ccc(OCCC(=O)N2CCCC2C2COCCC2O)c(C)c1. The lowest BCUT2D eigenvalue weighted by molar-refractivity contribution is -0.136. The molecule has 5 heteroatoms. The highest BCUT2D eigenvalue weighted by Crippen LogP contribution is 2.30. The van der Waals surface area contributed by atoms with Gasteiger partial charge in [0.05, 0.1) is 25.7 Å². The number of aliphatic hydroxyl groups excluding tert-OH is 1. The molecule has 2 saturated heterocycles. The Balaban J connectivity index is 1.53. The second-order valence-corrected chi connectivity index (χ2v) is 7.26. The molecule has 25 heavy (non-hydrogen) atoms. The van der Waals surface area contributed by atoms with Crippen molar-refractivity contribution in [1.82, 2.24) is 4.90 Å². The van der Waals surface area contributed by atoms with Gasteiger partial charge < -0.3 is 19.5 Å². The highest BCUT2D eigenvalue weighted by atomic mass is 16.5. The van der Waals surface area contributed by atoms with Crippen LogP contribution in [0.15, 0.2) is 18.2 Å². The van der Waals surface area contributed by atoms with Crippen LogP contribution in [0.4, 0.5) is 0 Å². The molecule has 2 heterocycles. The summed E-state index contributed by atoms with van der Waals surface area (Å²) < 4.78 is 11.3. The van der Waals surface area contributed by atoms with Crippen LogP contribution in [0.3, 0.4) is 0 Å². The summed E-state index contributed by atoms with van der Waals surface area (Å²) in [7, 11) is 0. The standard InChI is InChI=1S/C20H29NO4/c1-14-5-6-19(15(2)12-14)25-11-8-20(23)21-9-3-4-17(21)16-13-24-10-7-18(16)22/h5-6,12,16-18,22H,3-4,7-11,13H2,1-2H3. The van der Waals surface area contributed by atoms with Crippen molar-refractivity contribution in [1.29, 1.82) is 0 Å². The van der Waals surface area contributed by atoms with Crippen LogP contribution in [0, 0.1) is 19.8 Å². The molecule has 1 amide bonds. The van der Waals surface area contributed by atoms with E-state index in [1.165, 1.54) is 5.56 Å². The zero-order chi connectivity index (χ0) is 17.8. The Bertz CT molecular complexity index is 603. The van der Waals surface area contributed by atoms with Gasteiger partial charge in [0.25, 0.3) is 0 Å². The average Bonchev–Trinajstić information content (AvgIpc) is 3.06. The van der Waals surface area contributed by atoms with Crippen molar-refractivity contribution in [2.75, 3.05) is 26.4 Å². The van der Waals surface area contributed by atoms with Crippen molar-refractivity contribution in [3.8, 4) is 5.75 Å². The summed E-state index contributed by atoms with van der Waals surface area (Å²) in [6.45, 7) is 6.39. The van der Waals surface area contributed by atoms with E-state index in [2.05, 4.69) is 13.0 Å². The molecule has 0 saturated carbocycles. The molecule has 0 spiro atoms. The maximum absolute atomic E-state index is 12.7. The van der Waals surface area contributed by atoms with E-state index in [0.29, 0.717) is 32.7 Å². The van der Waals surface area contributed by atoms with Gasteiger partial charge in [0.15, 0.2) is 0 Å². The molecule has 5 nitrogen and oxygen atoms in total. The molecule has 1 N–H and O–H groups in total. The Labute approximate surface area is 149 Å². The Kier molecular flexibility index (Phi) is 5.97. The van der Waals surface area contributed by atoms with Crippen molar-refractivity contribution in [2.45, 2.75) is 51.7 Å². The molecular formula is C20H29NO4. The number of hydrogen-bond donors (Lipinski definition) is 1. The number of ether oxygens (including phenoxy) is 2. The second kappa shape index (κ2) is 8.19. The van der Waals surface area contributed by atoms with Gasteiger partial charge in [-0.25, -0.2) is 0 Å². The summed E-state index contributed by atoms with van der Waals surface area (Å²) in [4.78, 5) is 14.6. The van der Waals surface area contributed by atoms with Gasteiger partial charge in [-0.05, 0) is 44.7 Å². The zero-order valence-electron chi connectivity index (χ0n) is 15.2. The van der Waals surface area contributed by atoms with Gasteiger partial charge in [-0.2, -0.15) is 0 Å². The first-order valence-corrected chi connectivity index (χ1v) is 9.31. The average molecular weight is 347 g/mol. The fraction of sp³-hybridized carbons (Fsp3) is 0.650. The topological polar surface area (TPSA) is 59.0 Å². The van der Waals surface area contributed by atoms with E-state index in [-0.39, 0.29) is 24.0 Å². The quantitative estimate of drug-likeness (QED) is 0.889. The lowest BCUT2D eigenvalue weighted by atomic mass is 9.89. The molecular weight excluding hydrogens is 318 g/mol. The molecule has 1 aromatic carbocycles. The van der Waals surface area contributed by atoms with E-state index >= 15 is 0 Å². The number of carbonyl (C=O) groups is 1. The zero-order valence-corrected chi connectivity index (χ0v) is 15.2. The Morgan fingerprint density at radius 1 is 1.36 bits per heavy atom. The number of carbonyl (C=O) groups excluding carboxylic acids is 1. The molecule has 0 bridgehead atoms. The van der Waals surface area contributed by atoms with Gasteiger partial charge in [-0.3, -0.25) is 4.79 Å². The summed E-state index contributed by atoms with van der Waals surface area (Å²) in [6, 6.07) is 6.16. The lowest BCUT2D eigenvalue weighted by Gasteiger charge is -2.37. The monoisotopic (exact) mass is 347 g/mol. The largest absolute Gasteiger partial charge is 0.493 e. The second-order valence-electron chi connectivity index (χ2n) is 7.26. The van der Waals surface area contributed by atoms with Gasteiger partial charge in [-0.1, -0.05) is 17.7 Å². The van der Waals surface area contributed by atoms with Crippen molar-refractivity contribution >= 4 is 5.91 Å². The van der Waals surface area contributed by atoms with Crippen LogP contribution >= 0.6 is 0 Å². The van der Waals surface area contributed by atoms with Crippen LogP contribution in [0.25, 0.3) is 0 Å². The van der Waals surface area contributed by atoms with Crippen LogP contribution in [0.2, 0.25) is 0 Å². The normalized spacial score (nSPS) is 26.7. The third-order valence-corrected chi connectivity index (χ3v) is 5.38. The fourth-order valence-corrected chi connectivity index (χ4v) is 4.02. The van der Waals surface area contributed by atoms with Crippen LogP contribution in [0.5, 0.6) is 5.75 Å². The third-order valence-electron chi connectivity index (χ3n) is 5.38. The van der Waals surface area contributed by atoms with E-state index < -0.39 is 0 Å². The summed E-state index contributed by atoms with van der Waals surface area (Å²) in [5.74, 6) is 0.998. The highest BCUT2D eigenvalue weighted by molar-refractivity contribution is 5.77. The Morgan fingerprint density at radius 3 is 2.96 bits per heavy atom. The molecule has 3 atom stereocenters. The molecule has 138 valence electrons. The van der Waals surface area contributed by atoms with E-state index in [1.54, 1.807) is 0 Å². The van der Waals surface area contributed by atoms with Gasteiger partial charge in [-0.15, -0.1) is 0 Å². The van der Waals surface area contributed by atoms with Gasteiger partial charge >= 0.3 is 0 Å². The summed E-state index contributed by atoms with van der Waals surface area (Å²) >= 11 is 0. The first-order chi connectivity index (χ1) is 12.1. The minimum atomic E-state index is -0.362. The summed E-state index contributed by atoms with van der Waals surface area (Å²) in [5, 5.41) is 10.3. The van der Waals surface area contributed by atoms with Gasteiger partial charge in [0.1, 0.15) is 5.75 Å². The number of amides is 1.